The molecule has 0 unspecified atom stereocenters. The van der Waals surface area contributed by atoms with E-state index in [9.17, 15) is 4.79 Å². The van der Waals surface area contributed by atoms with Crippen LogP contribution in [0.5, 0.6) is 0 Å². The van der Waals surface area contributed by atoms with Gasteiger partial charge in [-0.05, 0) is 42.3 Å². The second-order valence-corrected chi connectivity index (χ2v) is 6.28. The second-order valence-electron chi connectivity index (χ2n) is 6.28. The van der Waals surface area contributed by atoms with Gasteiger partial charge in [0.05, 0.1) is 16.8 Å². The van der Waals surface area contributed by atoms with Crippen LogP contribution in [0, 0.1) is 0 Å². The lowest BCUT2D eigenvalue weighted by atomic mass is 10.0. The smallest absolute Gasteiger partial charge is 0.256 e. The summed E-state index contributed by atoms with van der Waals surface area (Å²) in [7, 11) is 0. The van der Waals surface area contributed by atoms with Crippen molar-refractivity contribution in [1.82, 2.24) is 9.97 Å². The fourth-order valence-electron chi connectivity index (χ4n) is 3.17. The molecule has 0 aliphatic carbocycles. The second kappa shape index (κ2) is 7.38. The number of para-hydroxylation sites is 2. The van der Waals surface area contributed by atoms with E-state index in [4.69, 9.17) is 4.98 Å². The lowest BCUT2D eigenvalue weighted by Crippen LogP contribution is -2.14. The Kier molecular flexibility index (Phi) is 4.62. The predicted octanol–water partition coefficient (Wildman–Crippen LogP) is 5.11. The van der Waals surface area contributed by atoms with Gasteiger partial charge in [0.25, 0.3) is 5.91 Å². The van der Waals surface area contributed by atoms with Crippen LogP contribution in [0.1, 0.15) is 22.8 Å². The van der Waals surface area contributed by atoms with Gasteiger partial charge in [-0.15, -0.1) is 0 Å². The number of nitrogens with one attached hydrogen (secondary N) is 1. The number of nitrogens with zero attached hydrogens (tertiary/aromatic N) is 2. The summed E-state index contributed by atoms with van der Waals surface area (Å²) in [5.74, 6) is -0.139. The molecule has 0 fully saturated rings. The van der Waals surface area contributed by atoms with E-state index in [2.05, 4.69) is 17.2 Å². The average Bonchev–Trinajstić information content (AvgIpc) is 2.74. The van der Waals surface area contributed by atoms with Crippen LogP contribution in [0.2, 0.25) is 0 Å². The third-order valence-corrected chi connectivity index (χ3v) is 4.56. The number of hydrogen-bond donors (Lipinski definition) is 1. The Hall–Kier alpha value is -3.53. The first-order valence-electron chi connectivity index (χ1n) is 8.95. The largest absolute Gasteiger partial charge is 0.322 e. The molecule has 27 heavy (non-hydrogen) atoms. The van der Waals surface area contributed by atoms with Crippen LogP contribution in [-0.2, 0) is 6.42 Å². The van der Waals surface area contributed by atoms with Crippen LogP contribution in [0.3, 0.4) is 0 Å². The molecule has 2 aromatic carbocycles. The lowest BCUT2D eigenvalue weighted by Gasteiger charge is -2.12. The summed E-state index contributed by atoms with van der Waals surface area (Å²) < 4.78 is 0. The van der Waals surface area contributed by atoms with Crippen molar-refractivity contribution in [3.63, 3.8) is 0 Å². The Morgan fingerprint density at radius 1 is 1.00 bits per heavy atom. The van der Waals surface area contributed by atoms with E-state index in [0.717, 1.165) is 39.8 Å². The molecule has 0 spiro atoms. The molecule has 4 heteroatoms. The summed E-state index contributed by atoms with van der Waals surface area (Å²) >= 11 is 0. The van der Waals surface area contributed by atoms with Gasteiger partial charge in [0, 0.05) is 29.0 Å². The summed E-state index contributed by atoms with van der Waals surface area (Å²) in [5.41, 5.74) is 4.95. The fourth-order valence-corrected chi connectivity index (χ4v) is 3.17. The maximum atomic E-state index is 13.1. The number of hydrogen-bond acceptors (Lipinski definition) is 3. The van der Waals surface area contributed by atoms with Crippen molar-refractivity contribution >= 4 is 22.5 Å². The van der Waals surface area contributed by atoms with E-state index in [1.54, 1.807) is 12.4 Å². The van der Waals surface area contributed by atoms with Gasteiger partial charge >= 0.3 is 0 Å². The van der Waals surface area contributed by atoms with E-state index in [1.165, 1.54) is 0 Å². The van der Waals surface area contributed by atoms with Gasteiger partial charge in [-0.1, -0.05) is 43.3 Å². The van der Waals surface area contributed by atoms with Crippen molar-refractivity contribution < 1.29 is 4.79 Å². The Balaban J connectivity index is 1.81. The van der Waals surface area contributed by atoms with E-state index >= 15 is 0 Å². The van der Waals surface area contributed by atoms with Gasteiger partial charge in [-0.3, -0.25) is 9.78 Å². The number of anilines is 1. The standard InChI is InChI=1S/C23H19N3O/c1-2-16-8-3-5-11-20(16)26-23(27)19-14-22(17-9-7-13-24-15-17)25-21-12-6-4-10-18(19)21/h3-15H,2H2,1H3,(H,26,27). The molecule has 0 radical (unpaired) electrons. The minimum absolute atomic E-state index is 0.139. The molecule has 0 saturated heterocycles. The van der Waals surface area contributed by atoms with Gasteiger partial charge in [-0.25, -0.2) is 4.98 Å². The number of fused-ring (bicyclic) bond motifs is 1. The molecular formula is C23H19N3O. The molecule has 4 nitrogen and oxygen atoms in total. The molecule has 0 aliphatic rings. The van der Waals surface area contributed by atoms with Crippen molar-refractivity contribution in [3.05, 3.63) is 90.3 Å². The van der Waals surface area contributed by atoms with Crippen LogP contribution in [-0.4, -0.2) is 15.9 Å². The highest BCUT2D eigenvalue weighted by molar-refractivity contribution is 6.13. The van der Waals surface area contributed by atoms with Gasteiger partial charge in [0.15, 0.2) is 0 Å². The van der Waals surface area contributed by atoms with Crippen LogP contribution in [0.25, 0.3) is 22.2 Å². The summed E-state index contributed by atoms with van der Waals surface area (Å²) in [6, 6.07) is 21.2. The Morgan fingerprint density at radius 2 is 1.81 bits per heavy atom. The topological polar surface area (TPSA) is 54.9 Å². The summed E-state index contributed by atoms with van der Waals surface area (Å²) in [6.45, 7) is 2.08. The molecule has 0 atom stereocenters. The van der Waals surface area contributed by atoms with Crippen molar-refractivity contribution in [1.29, 1.82) is 0 Å². The first kappa shape index (κ1) is 16.9. The van der Waals surface area contributed by atoms with E-state index < -0.39 is 0 Å². The molecule has 4 aromatic rings. The molecule has 2 aromatic heterocycles. The van der Waals surface area contributed by atoms with Crippen LogP contribution < -0.4 is 5.32 Å². The first-order chi connectivity index (χ1) is 13.3. The number of pyridine rings is 2. The molecular weight excluding hydrogens is 334 g/mol. The zero-order valence-corrected chi connectivity index (χ0v) is 15.0. The third kappa shape index (κ3) is 3.42. The normalized spacial score (nSPS) is 10.7. The molecule has 0 saturated carbocycles. The lowest BCUT2D eigenvalue weighted by molar-refractivity contribution is 0.102. The van der Waals surface area contributed by atoms with Crippen LogP contribution in [0.15, 0.2) is 79.1 Å². The Bertz CT molecular complexity index is 1110. The first-order valence-corrected chi connectivity index (χ1v) is 8.95. The zero-order valence-electron chi connectivity index (χ0n) is 15.0. The molecule has 1 amide bonds. The van der Waals surface area contributed by atoms with Gasteiger partial charge in [0.2, 0.25) is 0 Å². The summed E-state index contributed by atoms with van der Waals surface area (Å²) in [4.78, 5) is 22.0. The number of aromatic nitrogens is 2. The Morgan fingerprint density at radius 3 is 2.63 bits per heavy atom. The molecule has 0 bridgehead atoms. The SMILES string of the molecule is CCc1ccccc1NC(=O)c1cc(-c2cccnc2)nc2ccccc12. The predicted molar refractivity (Wildman–Crippen MR) is 109 cm³/mol. The average molecular weight is 353 g/mol. The molecule has 2 heterocycles. The maximum Gasteiger partial charge on any atom is 0.256 e. The van der Waals surface area contributed by atoms with Crippen molar-refractivity contribution in [2.24, 2.45) is 0 Å². The molecule has 0 aliphatic heterocycles. The molecule has 132 valence electrons. The van der Waals surface area contributed by atoms with Crippen molar-refractivity contribution in [3.8, 4) is 11.3 Å². The van der Waals surface area contributed by atoms with E-state index in [-0.39, 0.29) is 5.91 Å². The van der Waals surface area contributed by atoms with Gasteiger partial charge in [-0.2, -0.15) is 0 Å². The summed E-state index contributed by atoms with van der Waals surface area (Å²) in [5, 5.41) is 3.90. The van der Waals surface area contributed by atoms with Crippen molar-refractivity contribution in [2.45, 2.75) is 13.3 Å². The number of amides is 1. The maximum absolute atomic E-state index is 13.1. The number of aryl methyl sites for hydroxylation is 1. The number of rotatable bonds is 4. The minimum atomic E-state index is -0.139. The quantitative estimate of drug-likeness (QED) is 0.554. The Labute approximate surface area is 157 Å². The van der Waals surface area contributed by atoms with Crippen LogP contribution in [0.4, 0.5) is 5.69 Å². The van der Waals surface area contributed by atoms with E-state index in [0.29, 0.717) is 5.56 Å². The van der Waals surface area contributed by atoms with Gasteiger partial charge < -0.3 is 5.32 Å². The summed E-state index contributed by atoms with van der Waals surface area (Å²) in [6.07, 6.45) is 4.33. The van der Waals surface area contributed by atoms with Crippen LogP contribution >= 0.6 is 0 Å². The highest BCUT2D eigenvalue weighted by atomic mass is 16.1. The zero-order chi connectivity index (χ0) is 18.6. The van der Waals surface area contributed by atoms with Gasteiger partial charge in [0.1, 0.15) is 0 Å². The number of benzene rings is 2. The fraction of sp³-hybridized carbons (Fsp3) is 0.0870. The van der Waals surface area contributed by atoms with E-state index in [1.807, 2.05) is 66.7 Å². The molecule has 1 N–H and O–H groups in total. The molecule has 4 rings (SSSR count). The number of carbonyl (C=O) groups excluding carboxylic acids is 1. The monoisotopic (exact) mass is 353 g/mol. The highest BCUT2D eigenvalue weighted by Gasteiger charge is 2.15. The minimum Gasteiger partial charge on any atom is -0.322 e. The third-order valence-electron chi connectivity index (χ3n) is 4.56. The highest BCUT2D eigenvalue weighted by Crippen LogP contribution is 2.26. The number of carbonyl (C=O) groups is 1. The van der Waals surface area contributed by atoms with Crippen molar-refractivity contribution in [2.75, 3.05) is 5.32 Å².